The van der Waals surface area contributed by atoms with Crippen molar-refractivity contribution in [1.82, 2.24) is 10.2 Å². The van der Waals surface area contributed by atoms with Crippen LogP contribution in [0.2, 0.25) is 0 Å². The molecule has 0 aromatic rings. The van der Waals surface area contributed by atoms with E-state index in [9.17, 15) is 9.59 Å². The summed E-state index contributed by atoms with van der Waals surface area (Å²) in [6, 6.07) is 0.458. The smallest absolute Gasteiger partial charge is 0.225 e. The van der Waals surface area contributed by atoms with Gasteiger partial charge in [-0.1, -0.05) is 34.6 Å². The molecule has 1 fully saturated rings. The molecule has 4 heteroatoms. The molecule has 0 saturated heterocycles. The van der Waals surface area contributed by atoms with Crippen LogP contribution in [0, 0.1) is 11.3 Å². The second kappa shape index (κ2) is 7.09. The van der Waals surface area contributed by atoms with Gasteiger partial charge in [0.05, 0.1) is 0 Å². The van der Waals surface area contributed by atoms with Crippen molar-refractivity contribution in [2.75, 3.05) is 13.1 Å². The lowest BCUT2D eigenvalue weighted by Crippen LogP contribution is -2.39. The minimum absolute atomic E-state index is 0.00505. The molecule has 1 aliphatic rings. The van der Waals surface area contributed by atoms with E-state index in [-0.39, 0.29) is 11.8 Å². The van der Waals surface area contributed by atoms with Crippen LogP contribution in [0.25, 0.3) is 0 Å². The summed E-state index contributed by atoms with van der Waals surface area (Å²) in [5.74, 6) is 0.803. The molecule has 0 bridgehead atoms. The maximum Gasteiger partial charge on any atom is 0.225 e. The highest BCUT2D eigenvalue weighted by Gasteiger charge is 2.32. The normalized spacial score (nSPS) is 15.3. The Labute approximate surface area is 123 Å². The molecule has 1 rings (SSSR count). The second-order valence-electron chi connectivity index (χ2n) is 7.26. The van der Waals surface area contributed by atoms with Gasteiger partial charge in [0.15, 0.2) is 0 Å². The molecular weight excluding hydrogens is 252 g/mol. The lowest BCUT2D eigenvalue weighted by atomic mass is 9.96. The van der Waals surface area contributed by atoms with E-state index < -0.39 is 5.41 Å². The molecule has 0 atom stereocenters. The summed E-state index contributed by atoms with van der Waals surface area (Å²) in [6.45, 7) is 11.3. The van der Waals surface area contributed by atoms with Gasteiger partial charge >= 0.3 is 0 Å². The topological polar surface area (TPSA) is 49.4 Å². The minimum Gasteiger partial charge on any atom is -0.355 e. The Hall–Kier alpha value is -1.06. The van der Waals surface area contributed by atoms with E-state index in [1.54, 1.807) is 0 Å². The van der Waals surface area contributed by atoms with Crippen LogP contribution in [-0.2, 0) is 9.59 Å². The molecule has 0 aliphatic heterocycles. The van der Waals surface area contributed by atoms with Crippen molar-refractivity contribution in [3.63, 3.8) is 0 Å². The predicted octanol–water partition coefficient (Wildman–Crippen LogP) is 2.58. The molecule has 0 unspecified atom stereocenters. The third-order valence-electron chi connectivity index (χ3n) is 3.56. The number of nitrogens with one attached hydrogen (secondary N) is 1. The van der Waals surface area contributed by atoms with E-state index in [2.05, 4.69) is 19.2 Å². The quantitative estimate of drug-likeness (QED) is 0.780. The van der Waals surface area contributed by atoms with Crippen molar-refractivity contribution in [1.29, 1.82) is 0 Å². The van der Waals surface area contributed by atoms with Gasteiger partial charge in [0.25, 0.3) is 0 Å². The third kappa shape index (κ3) is 5.93. The molecule has 0 radical (unpaired) electrons. The molecule has 0 spiro atoms. The van der Waals surface area contributed by atoms with Crippen LogP contribution in [0.3, 0.4) is 0 Å². The zero-order valence-electron chi connectivity index (χ0n) is 13.7. The fourth-order valence-electron chi connectivity index (χ4n) is 1.99. The van der Waals surface area contributed by atoms with E-state index in [4.69, 9.17) is 0 Å². The standard InChI is InChI=1S/C16H30N2O2/c1-12(2)9-11-18(13-6-7-13)14(19)8-10-17-15(20)16(3,4)5/h12-13H,6-11H2,1-5H3,(H,17,20). The number of rotatable bonds is 7. The van der Waals surface area contributed by atoms with Gasteiger partial charge in [0.2, 0.25) is 11.8 Å². The molecule has 0 aromatic heterocycles. The SMILES string of the molecule is CC(C)CCN(C(=O)CCNC(=O)C(C)(C)C)C1CC1. The summed E-state index contributed by atoms with van der Waals surface area (Å²) in [4.78, 5) is 26.0. The molecule has 2 amide bonds. The molecule has 0 aromatic carbocycles. The molecular formula is C16H30N2O2. The molecule has 20 heavy (non-hydrogen) atoms. The first-order valence-corrected chi connectivity index (χ1v) is 7.79. The number of hydrogen-bond acceptors (Lipinski definition) is 2. The Bertz CT molecular complexity index is 341. The predicted molar refractivity (Wildman–Crippen MR) is 81.3 cm³/mol. The molecule has 1 saturated carbocycles. The van der Waals surface area contributed by atoms with Crippen molar-refractivity contribution in [3.8, 4) is 0 Å². The van der Waals surface area contributed by atoms with Crippen molar-refractivity contribution in [2.24, 2.45) is 11.3 Å². The molecule has 4 nitrogen and oxygen atoms in total. The van der Waals surface area contributed by atoms with Gasteiger partial charge in [0.1, 0.15) is 0 Å². The molecule has 116 valence electrons. The van der Waals surface area contributed by atoms with Crippen LogP contribution in [-0.4, -0.2) is 35.8 Å². The van der Waals surface area contributed by atoms with E-state index in [1.807, 2.05) is 25.7 Å². The fraction of sp³-hybridized carbons (Fsp3) is 0.875. The summed E-state index contributed by atoms with van der Waals surface area (Å²) >= 11 is 0. The summed E-state index contributed by atoms with van der Waals surface area (Å²) in [5, 5.41) is 2.85. The van der Waals surface area contributed by atoms with E-state index in [1.165, 1.54) is 0 Å². The van der Waals surface area contributed by atoms with Gasteiger partial charge in [-0.25, -0.2) is 0 Å². The Morgan fingerprint density at radius 2 is 1.85 bits per heavy atom. The van der Waals surface area contributed by atoms with E-state index >= 15 is 0 Å². The lowest BCUT2D eigenvalue weighted by molar-refractivity contribution is -0.132. The number of nitrogens with zero attached hydrogens (tertiary/aromatic N) is 1. The van der Waals surface area contributed by atoms with Gasteiger partial charge in [-0.15, -0.1) is 0 Å². The average molecular weight is 282 g/mol. The highest BCUT2D eigenvalue weighted by molar-refractivity contribution is 5.82. The van der Waals surface area contributed by atoms with Gasteiger partial charge in [0, 0.05) is 31.0 Å². The van der Waals surface area contributed by atoms with Crippen LogP contribution in [0.4, 0.5) is 0 Å². The summed E-state index contributed by atoms with van der Waals surface area (Å²) in [5.41, 5.74) is -0.392. The zero-order valence-corrected chi connectivity index (χ0v) is 13.7. The maximum absolute atomic E-state index is 12.2. The highest BCUT2D eigenvalue weighted by atomic mass is 16.2. The lowest BCUT2D eigenvalue weighted by Gasteiger charge is -2.24. The zero-order chi connectivity index (χ0) is 15.3. The fourth-order valence-corrected chi connectivity index (χ4v) is 1.99. The highest BCUT2D eigenvalue weighted by Crippen LogP contribution is 2.28. The van der Waals surface area contributed by atoms with Gasteiger partial charge in [-0.05, 0) is 25.2 Å². The Kier molecular flexibility index (Phi) is 6.03. The van der Waals surface area contributed by atoms with Crippen LogP contribution in [0.5, 0.6) is 0 Å². The summed E-state index contributed by atoms with van der Waals surface area (Å²) in [6.07, 6.45) is 3.74. The van der Waals surface area contributed by atoms with Crippen molar-refractivity contribution in [3.05, 3.63) is 0 Å². The van der Waals surface area contributed by atoms with E-state index in [0.717, 1.165) is 25.8 Å². The first-order valence-electron chi connectivity index (χ1n) is 7.79. The van der Waals surface area contributed by atoms with Crippen molar-refractivity contribution < 1.29 is 9.59 Å². The number of carbonyl (C=O) groups excluding carboxylic acids is 2. The second-order valence-corrected chi connectivity index (χ2v) is 7.26. The maximum atomic E-state index is 12.2. The molecule has 1 N–H and O–H groups in total. The van der Waals surface area contributed by atoms with Gasteiger partial charge < -0.3 is 10.2 Å². The minimum atomic E-state index is -0.392. The summed E-state index contributed by atoms with van der Waals surface area (Å²) < 4.78 is 0. The molecule has 1 aliphatic carbocycles. The monoisotopic (exact) mass is 282 g/mol. The van der Waals surface area contributed by atoms with Crippen molar-refractivity contribution in [2.45, 2.75) is 66.3 Å². The van der Waals surface area contributed by atoms with Crippen molar-refractivity contribution >= 4 is 11.8 Å². The Balaban J connectivity index is 2.33. The first kappa shape index (κ1) is 17.0. The number of carbonyl (C=O) groups is 2. The van der Waals surface area contributed by atoms with Crippen LogP contribution < -0.4 is 5.32 Å². The third-order valence-corrected chi connectivity index (χ3v) is 3.56. The summed E-state index contributed by atoms with van der Waals surface area (Å²) in [7, 11) is 0. The van der Waals surface area contributed by atoms with Crippen LogP contribution >= 0.6 is 0 Å². The van der Waals surface area contributed by atoms with E-state index in [0.29, 0.717) is 24.9 Å². The number of hydrogen-bond donors (Lipinski definition) is 1. The largest absolute Gasteiger partial charge is 0.355 e. The van der Waals surface area contributed by atoms with Gasteiger partial charge in [-0.3, -0.25) is 9.59 Å². The number of amides is 2. The Morgan fingerprint density at radius 3 is 2.30 bits per heavy atom. The Morgan fingerprint density at radius 1 is 1.25 bits per heavy atom. The first-order chi connectivity index (χ1) is 9.21. The van der Waals surface area contributed by atoms with Crippen LogP contribution in [0.1, 0.15) is 60.3 Å². The van der Waals surface area contributed by atoms with Gasteiger partial charge in [-0.2, -0.15) is 0 Å². The average Bonchev–Trinajstić information content (AvgIpc) is 3.11. The van der Waals surface area contributed by atoms with Crippen LogP contribution in [0.15, 0.2) is 0 Å². The molecule has 0 heterocycles.